The van der Waals surface area contributed by atoms with E-state index in [0.29, 0.717) is 5.39 Å². The van der Waals surface area contributed by atoms with Crippen LogP contribution in [-0.2, 0) is 4.43 Å². The van der Waals surface area contributed by atoms with Gasteiger partial charge in [0, 0.05) is 9.81 Å². The second-order valence-electron chi connectivity index (χ2n) is 2.68. The Labute approximate surface area is 88.3 Å². The van der Waals surface area contributed by atoms with Gasteiger partial charge in [-0.15, -0.1) is 0 Å². The van der Waals surface area contributed by atoms with Gasteiger partial charge in [-0.1, -0.05) is 40.8 Å². The normalized spacial score (nSPS) is 10.5. The third kappa shape index (κ3) is 1.46. The molecule has 0 unspecified atom stereocenters. The Balaban J connectivity index is 2.93. The predicted octanol–water partition coefficient (Wildman–Crippen LogP) is 1.86. The zero-order valence-electron chi connectivity index (χ0n) is 6.75. The summed E-state index contributed by atoms with van der Waals surface area (Å²) in [6, 6.07) is 7.50. The van der Waals surface area contributed by atoms with Gasteiger partial charge in [0.1, 0.15) is 0 Å². The van der Waals surface area contributed by atoms with Crippen LogP contribution in [-0.4, -0.2) is 10.2 Å². The molecule has 1 N–H and O–H groups in total. The van der Waals surface area contributed by atoms with Gasteiger partial charge in [-0.05, 0) is 6.07 Å². The van der Waals surface area contributed by atoms with Crippen LogP contribution in [0.3, 0.4) is 0 Å². The first kappa shape index (κ1) is 8.68. The molecule has 0 fully saturated rings. The lowest BCUT2D eigenvalue weighted by atomic mass is 10.1. The Bertz CT molecular complexity index is 492. The van der Waals surface area contributed by atoms with Crippen LogP contribution in [0.4, 0.5) is 0 Å². The molecule has 0 amide bonds. The highest BCUT2D eigenvalue weighted by molar-refractivity contribution is 14.1. The fourth-order valence-electron chi connectivity index (χ4n) is 1.27. The smallest absolute Gasteiger partial charge is 0.267 e. The van der Waals surface area contributed by atoms with Crippen LogP contribution in [0.5, 0.6) is 0 Å². The number of halogens is 1. The van der Waals surface area contributed by atoms with Gasteiger partial charge in [0.05, 0.1) is 11.1 Å². The topological polar surface area (TPSA) is 45.8 Å². The van der Waals surface area contributed by atoms with Crippen molar-refractivity contribution in [3.63, 3.8) is 0 Å². The van der Waals surface area contributed by atoms with E-state index in [1.165, 1.54) is 0 Å². The van der Waals surface area contributed by atoms with Gasteiger partial charge in [-0.2, -0.15) is 5.10 Å². The van der Waals surface area contributed by atoms with E-state index in [1.807, 2.05) is 24.3 Å². The largest absolute Gasteiger partial charge is 0.272 e. The standard InChI is InChI=1S/C9H7IN2O/c10-5-8-6-3-1-2-4-7(6)9(13)12-11-8/h1-4H,5H2,(H,12,13). The third-order valence-corrected chi connectivity index (χ3v) is 2.62. The summed E-state index contributed by atoms with van der Waals surface area (Å²) in [5, 5.41) is 8.12. The van der Waals surface area contributed by atoms with Crippen molar-refractivity contribution >= 4 is 33.4 Å². The van der Waals surface area contributed by atoms with Gasteiger partial charge >= 0.3 is 0 Å². The SMILES string of the molecule is O=c1[nH]nc(CI)c2ccccc12. The number of hydrogen-bond donors (Lipinski definition) is 1. The fourth-order valence-corrected chi connectivity index (χ4v) is 1.85. The highest BCUT2D eigenvalue weighted by Gasteiger charge is 2.02. The molecule has 2 rings (SSSR count). The van der Waals surface area contributed by atoms with Gasteiger partial charge in [0.2, 0.25) is 0 Å². The molecule has 1 aromatic heterocycles. The first-order valence-corrected chi connectivity index (χ1v) is 5.38. The average molecular weight is 286 g/mol. The molecular formula is C9H7IN2O. The van der Waals surface area contributed by atoms with Gasteiger partial charge < -0.3 is 0 Å². The number of nitrogens with one attached hydrogen (secondary N) is 1. The molecule has 0 aliphatic carbocycles. The molecular weight excluding hydrogens is 279 g/mol. The quantitative estimate of drug-likeness (QED) is 0.642. The Morgan fingerprint density at radius 3 is 2.69 bits per heavy atom. The Hall–Kier alpha value is -0.910. The van der Waals surface area contributed by atoms with Gasteiger partial charge in [-0.3, -0.25) is 4.79 Å². The summed E-state index contributed by atoms with van der Waals surface area (Å²) < 4.78 is 0.801. The van der Waals surface area contributed by atoms with Gasteiger partial charge in [0.25, 0.3) is 5.56 Å². The highest BCUT2D eigenvalue weighted by atomic mass is 127. The molecule has 0 aliphatic rings. The molecule has 13 heavy (non-hydrogen) atoms. The lowest BCUT2D eigenvalue weighted by Crippen LogP contribution is -2.09. The van der Waals surface area contributed by atoms with E-state index >= 15 is 0 Å². The predicted molar refractivity (Wildman–Crippen MR) is 60.1 cm³/mol. The molecule has 0 spiro atoms. The summed E-state index contributed by atoms with van der Waals surface area (Å²) >= 11 is 2.23. The molecule has 1 heterocycles. The minimum Gasteiger partial charge on any atom is -0.267 e. The molecule has 0 aliphatic heterocycles. The second kappa shape index (κ2) is 3.45. The highest BCUT2D eigenvalue weighted by Crippen LogP contribution is 2.14. The number of fused-ring (bicyclic) bond motifs is 1. The number of benzene rings is 1. The van der Waals surface area contributed by atoms with Gasteiger partial charge in [0.15, 0.2) is 0 Å². The summed E-state index contributed by atoms with van der Waals surface area (Å²) in [6.45, 7) is 0. The number of alkyl halides is 1. The fraction of sp³-hybridized carbons (Fsp3) is 0.111. The maximum Gasteiger partial charge on any atom is 0.272 e. The zero-order chi connectivity index (χ0) is 9.26. The minimum absolute atomic E-state index is 0.121. The number of nitrogens with zero attached hydrogens (tertiary/aromatic N) is 1. The molecule has 4 heteroatoms. The van der Waals surface area contributed by atoms with Crippen LogP contribution < -0.4 is 5.56 Å². The van der Waals surface area contributed by atoms with Crippen molar-refractivity contribution in [3.05, 3.63) is 40.3 Å². The van der Waals surface area contributed by atoms with Crippen LogP contribution in [0.2, 0.25) is 0 Å². The Morgan fingerprint density at radius 2 is 2.00 bits per heavy atom. The maximum absolute atomic E-state index is 11.3. The van der Waals surface area contributed by atoms with E-state index in [-0.39, 0.29) is 5.56 Å². The van der Waals surface area contributed by atoms with Gasteiger partial charge in [-0.25, -0.2) is 5.10 Å². The zero-order valence-corrected chi connectivity index (χ0v) is 8.91. The van der Waals surface area contributed by atoms with Crippen molar-refractivity contribution in [1.29, 1.82) is 0 Å². The number of aromatic nitrogens is 2. The van der Waals surface area contributed by atoms with E-state index in [0.717, 1.165) is 15.5 Å². The van der Waals surface area contributed by atoms with Crippen LogP contribution in [0.25, 0.3) is 10.8 Å². The van der Waals surface area contributed by atoms with Crippen LogP contribution in [0.15, 0.2) is 29.1 Å². The van der Waals surface area contributed by atoms with Crippen LogP contribution >= 0.6 is 22.6 Å². The van der Waals surface area contributed by atoms with Crippen molar-refractivity contribution in [1.82, 2.24) is 10.2 Å². The average Bonchev–Trinajstić information content (AvgIpc) is 2.19. The number of aromatic amines is 1. The monoisotopic (exact) mass is 286 g/mol. The summed E-state index contributed by atoms with van der Waals surface area (Å²) in [5.41, 5.74) is 0.806. The molecule has 0 bridgehead atoms. The summed E-state index contributed by atoms with van der Waals surface area (Å²) in [7, 11) is 0. The Kier molecular flexibility index (Phi) is 2.30. The molecule has 3 nitrogen and oxygen atoms in total. The summed E-state index contributed by atoms with van der Waals surface area (Å²) in [4.78, 5) is 11.3. The molecule has 2 aromatic rings. The lowest BCUT2D eigenvalue weighted by molar-refractivity contribution is 0.968. The molecule has 1 aromatic carbocycles. The van der Waals surface area contributed by atoms with E-state index in [1.54, 1.807) is 0 Å². The minimum atomic E-state index is -0.121. The summed E-state index contributed by atoms with van der Waals surface area (Å²) in [5.74, 6) is 0. The van der Waals surface area contributed by atoms with E-state index in [4.69, 9.17) is 0 Å². The molecule has 0 saturated heterocycles. The third-order valence-electron chi connectivity index (χ3n) is 1.90. The molecule has 0 atom stereocenters. The molecule has 0 radical (unpaired) electrons. The van der Waals surface area contributed by atoms with E-state index in [9.17, 15) is 4.79 Å². The molecule has 66 valence electrons. The van der Waals surface area contributed by atoms with Crippen molar-refractivity contribution in [2.75, 3.05) is 0 Å². The Morgan fingerprint density at radius 1 is 1.31 bits per heavy atom. The van der Waals surface area contributed by atoms with E-state index in [2.05, 4.69) is 32.8 Å². The van der Waals surface area contributed by atoms with Crippen LogP contribution in [0, 0.1) is 0 Å². The summed E-state index contributed by atoms with van der Waals surface area (Å²) in [6.07, 6.45) is 0. The first-order valence-electron chi connectivity index (χ1n) is 3.85. The van der Waals surface area contributed by atoms with Crippen molar-refractivity contribution in [3.8, 4) is 0 Å². The number of H-pyrrole nitrogens is 1. The molecule has 0 saturated carbocycles. The van der Waals surface area contributed by atoms with Crippen molar-refractivity contribution in [2.45, 2.75) is 4.43 Å². The van der Waals surface area contributed by atoms with Crippen molar-refractivity contribution < 1.29 is 0 Å². The van der Waals surface area contributed by atoms with Crippen LogP contribution in [0.1, 0.15) is 5.69 Å². The maximum atomic E-state index is 11.3. The van der Waals surface area contributed by atoms with E-state index < -0.39 is 0 Å². The number of hydrogen-bond acceptors (Lipinski definition) is 2. The number of rotatable bonds is 1. The lowest BCUT2D eigenvalue weighted by Gasteiger charge is -1.99. The second-order valence-corrected chi connectivity index (χ2v) is 3.44. The van der Waals surface area contributed by atoms with Crippen molar-refractivity contribution in [2.24, 2.45) is 0 Å². The first-order chi connectivity index (χ1) is 6.33.